The summed E-state index contributed by atoms with van der Waals surface area (Å²) in [6, 6.07) is 2.84. The third-order valence-electron chi connectivity index (χ3n) is 1.57. The number of hydrogen-bond acceptors (Lipinski definition) is 3. The van der Waals surface area contributed by atoms with Gasteiger partial charge in [-0.05, 0) is 5.56 Å². The van der Waals surface area contributed by atoms with Gasteiger partial charge in [0.15, 0.2) is 6.61 Å². The van der Waals surface area contributed by atoms with Crippen LogP contribution >= 0.6 is 0 Å². The van der Waals surface area contributed by atoms with Crippen molar-refractivity contribution >= 4 is 6.41 Å². The molecule has 0 aromatic carbocycles. The number of halogens is 3. The first-order valence-electron chi connectivity index (χ1n) is 4.33. The standard InChI is InChI=1S/C9H9F3N2O2/c10-9(11,12)5-16-8-2-1-7(4-14-8)3-13-6-15/h1-2,4,6H,3,5H2,(H,13,15). The van der Waals surface area contributed by atoms with E-state index in [9.17, 15) is 18.0 Å². The minimum absolute atomic E-state index is 0.104. The summed E-state index contributed by atoms with van der Waals surface area (Å²) >= 11 is 0. The van der Waals surface area contributed by atoms with Crippen molar-refractivity contribution in [2.24, 2.45) is 0 Å². The maximum Gasteiger partial charge on any atom is 0.422 e. The van der Waals surface area contributed by atoms with Crippen LogP contribution in [0.1, 0.15) is 5.56 Å². The van der Waals surface area contributed by atoms with Gasteiger partial charge in [-0.3, -0.25) is 4.79 Å². The number of rotatable bonds is 5. The molecule has 0 fully saturated rings. The fourth-order valence-corrected chi connectivity index (χ4v) is 0.916. The van der Waals surface area contributed by atoms with E-state index in [1.807, 2.05) is 0 Å². The van der Waals surface area contributed by atoms with Crippen molar-refractivity contribution in [3.8, 4) is 5.88 Å². The summed E-state index contributed by atoms with van der Waals surface area (Å²) < 4.78 is 39.8. The molecule has 0 radical (unpaired) electrons. The van der Waals surface area contributed by atoms with Gasteiger partial charge in [-0.25, -0.2) is 4.98 Å². The lowest BCUT2D eigenvalue weighted by Crippen LogP contribution is -2.19. The summed E-state index contributed by atoms with van der Waals surface area (Å²) in [5.74, 6) is -0.104. The summed E-state index contributed by atoms with van der Waals surface area (Å²) in [5.41, 5.74) is 0.673. The van der Waals surface area contributed by atoms with E-state index in [2.05, 4.69) is 15.0 Å². The molecule has 0 saturated heterocycles. The lowest BCUT2D eigenvalue weighted by Gasteiger charge is -2.08. The van der Waals surface area contributed by atoms with Crippen LogP contribution in [0, 0.1) is 0 Å². The van der Waals surface area contributed by atoms with Crippen LogP contribution in [-0.4, -0.2) is 24.2 Å². The molecule has 0 saturated carbocycles. The van der Waals surface area contributed by atoms with Gasteiger partial charge >= 0.3 is 6.18 Å². The van der Waals surface area contributed by atoms with Crippen molar-refractivity contribution in [1.29, 1.82) is 0 Å². The lowest BCUT2D eigenvalue weighted by molar-refractivity contribution is -0.154. The average molecular weight is 234 g/mol. The van der Waals surface area contributed by atoms with Gasteiger partial charge in [-0.15, -0.1) is 0 Å². The number of nitrogens with zero attached hydrogens (tertiary/aromatic N) is 1. The number of amides is 1. The zero-order chi connectivity index (χ0) is 12.0. The van der Waals surface area contributed by atoms with Crippen LogP contribution < -0.4 is 10.1 Å². The number of alkyl halides is 3. The average Bonchev–Trinajstić information content (AvgIpc) is 2.24. The van der Waals surface area contributed by atoms with Crippen LogP contribution in [0.5, 0.6) is 5.88 Å². The van der Waals surface area contributed by atoms with E-state index in [1.54, 1.807) is 0 Å². The molecule has 0 aliphatic carbocycles. The summed E-state index contributed by atoms with van der Waals surface area (Å²) in [7, 11) is 0. The van der Waals surface area contributed by atoms with E-state index in [4.69, 9.17) is 0 Å². The quantitative estimate of drug-likeness (QED) is 0.780. The smallest absolute Gasteiger partial charge is 0.422 e. The molecule has 0 atom stereocenters. The Kier molecular flexibility index (Phi) is 4.10. The Morgan fingerprint density at radius 3 is 2.69 bits per heavy atom. The van der Waals surface area contributed by atoms with Crippen molar-refractivity contribution in [2.75, 3.05) is 6.61 Å². The Morgan fingerprint density at radius 2 is 2.19 bits per heavy atom. The molecule has 7 heteroatoms. The summed E-state index contributed by atoms with van der Waals surface area (Å²) in [6.45, 7) is -1.10. The van der Waals surface area contributed by atoms with Gasteiger partial charge in [-0.2, -0.15) is 13.2 Å². The van der Waals surface area contributed by atoms with E-state index in [-0.39, 0.29) is 12.4 Å². The molecule has 0 bridgehead atoms. The van der Waals surface area contributed by atoms with Crippen molar-refractivity contribution in [3.05, 3.63) is 23.9 Å². The molecule has 0 spiro atoms. The number of ether oxygens (including phenoxy) is 1. The SMILES string of the molecule is O=CNCc1ccc(OCC(F)(F)F)nc1. The van der Waals surface area contributed by atoms with Gasteiger partial charge in [0, 0.05) is 18.8 Å². The molecular weight excluding hydrogens is 225 g/mol. The molecule has 16 heavy (non-hydrogen) atoms. The molecule has 4 nitrogen and oxygen atoms in total. The van der Waals surface area contributed by atoms with E-state index in [0.29, 0.717) is 12.0 Å². The Morgan fingerprint density at radius 1 is 1.44 bits per heavy atom. The van der Waals surface area contributed by atoms with Crippen LogP contribution in [0.15, 0.2) is 18.3 Å². The molecule has 1 aromatic heterocycles. The highest BCUT2D eigenvalue weighted by atomic mass is 19.4. The highest BCUT2D eigenvalue weighted by Crippen LogP contribution is 2.16. The van der Waals surface area contributed by atoms with Crippen LogP contribution in [0.4, 0.5) is 13.2 Å². The summed E-state index contributed by atoms with van der Waals surface area (Å²) in [5, 5.41) is 2.40. The Hall–Kier alpha value is -1.79. The van der Waals surface area contributed by atoms with Gasteiger partial charge < -0.3 is 10.1 Å². The van der Waals surface area contributed by atoms with Crippen LogP contribution in [0.3, 0.4) is 0 Å². The molecule has 1 amide bonds. The van der Waals surface area contributed by atoms with Gasteiger partial charge in [0.05, 0.1) is 0 Å². The molecule has 0 aliphatic heterocycles. The van der Waals surface area contributed by atoms with E-state index >= 15 is 0 Å². The highest BCUT2D eigenvalue weighted by Gasteiger charge is 2.28. The Bertz CT molecular complexity index is 338. The third kappa shape index (κ3) is 4.63. The van der Waals surface area contributed by atoms with Crippen molar-refractivity contribution < 1.29 is 22.7 Å². The zero-order valence-corrected chi connectivity index (χ0v) is 8.12. The number of aromatic nitrogens is 1. The minimum Gasteiger partial charge on any atom is -0.468 e. The Balaban J connectivity index is 2.48. The molecular formula is C9H9F3N2O2. The molecule has 1 N–H and O–H groups in total. The van der Waals surface area contributed by atoms with Crippen molar-refractivity contribution in [2.45, 2.75) is 12.7 Å². The van der Waals surface area contributed by atoms with E-state index in [1.165, 1.54) is 18.3 Å². The second kappa shape index (κ2) is 5.34. The predicted octanol–water partition coefficient (Wildman–Crippen LogP) is 1.27. The van der Waals surface area contributed by atoms with Crippen molar-refractivity contribution in [1.82, 2.24) is 10.3 Å². The maximum atomic E-state index is 11.8. The largest absolute Gasteiger partial charge is 0.468 e. The molecule has 1 aromatic rings. The van der Waals surface area contributed by atoms with Gasteiger partial charge in [-0.1, -0.05) is 6.07 Å². The number of carbonyl (C=O) groups is 1. The van der Waals surface area contributed by atoms with Crippen LogP contribution in [0.25, 0.3) is 0 Å². The summed E-state index contributed by atoms with van der Waals surface area (Å²) in [6.07, 6.45) is -2.52. The molecule has 88 valence electrons. The monoisotopic (exact) mass is 234 g/mol. The molecule has 1 rings (SSSR count). The second-order valence-corrected chi connectivity index (χ2v) is 2.91. The van der Waals surface area contributed by atoms with Gasteiger partial charge in [0.1, 0.15) is 0 Å². The Labute approximate surface area is 89.4 Å². The number of nitrogens with one attached hydrogen (secondary N) is 1. The fraction of sp³-hybridized carbons (Fsp3) is 0.333. The number of pyridine rings is 1. The topological polar surface area (TPSA) is 51.2 Å². The van der Waals surface area contributed by atoms with Crippen LogP contribution in [0.2, 0.25) is 0 Å². The van der Waals surface area contributed by atoms with Crippen molar-refractivity contribution in [3.63, 3.8) is 0 Å². The summed E-state index contributed by atoms with van der Waals surface area (Å²) in [4.78, 5) is 13.6. The van der Waals surface area contributed by atoms with E-state index < -0.39 is 12.8 Å². The third-order valence-corrected chi connectivity index (χ3v) is 1.57. The highest BCUT2D eigenvalue weighted by molar-refractivity contribution is 5.46. The normalized spacial score (nSPS) is 10.9. The first kappa shape index (κ1) is 12.3. The number of carbonyl (C=O) groups excluding carboxylic acids is 1. The lowest BCUT2D eigenvalue weighted by atomic mass is 10.3. The van der Waals surface area contributed by atoms with Gasteiger partial charge in [0.25, 0.3) is 0 Å². The van der Waals surface area contributed by atoms with E-state index in [0.717, 1.165) is 0 Å². The second-order valence-electron chi connectivity index (χ2n) is 2.91. The van der Waals surface area contributed by atoms with Crippen LogP contribution in [-0.2, 0) is 11.3 Å². The predicted molar refractivity (Wildman–Crippen MR) is 48.7 cm³/mol. The molecule has 0 aliphatic rings. The zero-order valence-electron chi connectivity index (χ0n) is 8.12. The maximum absolute atomic E-state index is 11.8. The fourth-order valence-electron chi connectivity index (χ4n) is 0.916. The van der Waals surface area contributed by atoms with Gasteiger partial charge in [0.2, 0.25) is 12.3 Å². The molecule has 0 unspecified atom stereocenters. The first-order valence-corrected chi connectivity index (χ1v) is 4.33. The first-order chi connectivity index (χ1) is 7.51. The molecule has 1 heterocycles. The number of hydrogen-bond donors (Lipinski definition) is 1. The minimum atomic E-state index is -4.38.